The molecule has 0 spiro atoms. The highest BCUT2D eigenvalue weighted by molar-refractivity contribution is 8.00. The number of phenolic OH excluding ortho intramolecular Hbond substituents is 2. The number of hydrogen-bond donors (Lipinski definition) is 2. The molecule has 1 aliphatic heterocycles. The van der Waals surface area contributed by atoms with Gasteiger partial charge in [-0.15, -0.1) is 0 Å². The van der Waals surface area contributed by atoms with Crippen LogP contribution in [0.2, 0.25) is 0 Å². The molecule has 1 aromatic rings. The van der Waals surface area contributed by atoms with E-state index in [9.17, 15) is 15.0 Å². The number of Topliss-reactive ketones (excluding diaryl/α,β-unsaturated/α-hetero) is 1. The molecule has 0 saturated carbocycles. The van der Waals surface area contributed by atoms with Gasteiger partial charge in [-0.3, -0.25) is 9.69 Å². The van der Waals surface area contributed by atoms with E-state index in [2.05, 4.69) is 18.7 Å². The molecule has 19 heavy (non-hydrogen) atoms. The van der Waals surface area contributed by atoms with E-state index < -0.39 is 0 Å². The highest BCUT2D eigenvalue weighted by atomic mass is 32.2. The van der Waals surface area contributed by atoms with Gasteiger partial charge in [0, 0.05) is 29.2 Å². The number of rotatable bonds is 3. The number of hydrogen-bond acceptors (Lipinski definition) is 5. The van der Waals surface area contributed by atoms with Crippen LogP contribution in [-0.2, 0) is 0 Å². The van der Waals surface area contributed by atoms with Crippen LogP contribution in [0, 0.1) is 0 Å². The molecule has 2 rings (SSSR count). The van der Waals surface area contributed by atoms with E-state index in [1.54, 1.807) is 6.07 Å². The van der Waals surface area contributed by atoms with Crippen LogP contribution >= 0.6 is 11.8 Å². The van der Waals surface area contributed by atoms with Crippen molar-refractivity contribution in [2.75, 3.05) is 18.8 Å². The predicted molar refractivity (Wildman–Crippen MR) is 77.1 cm³/mol. The summed E-state index contributed by atoms with van der Waals surface area (Å²) in [6.07, 6.45) is 0. The van der Waals surface area contributed by atoms with Gasteiger partial charge in [0.25, 0.3) is 0 Å². The summed E-state index contributed by atoms with van der Waals surface area (Å²) >= 11 is 1.93. The van der Waals surface area contributed by atoms with E-state index in [1.165, 1.54) is 12.1 Å². The topological polar surface area (TPSA) is 60.8 Å². The minimum Gasteiger partial charge on any atom is -0.504 e. The normalized spacial score (nSPS) is 24.3. The lowest BCUT2D eigenvalue weighted by Gasteiger charge is -2.36. The Balaban J connectivity index is 2.06. The summed E-state index contributed by atoms with van der Waals surface area (Å²) in [7, 11) is 0. The largest absolute Gasteiger partial charge is 0.504 e. The third-order valence-electron chi connectivity index (χ3n) is 3.66. The molecule has 0 aliphatic carbocycles. The predicted octanol–water partition coefficient (Wildman–Crippen LogP) is 2.11. The lowest BCUT2D eigenvalue weighted by Crippen LogP contribution is -2.46. The molecule has 2 unspecified atom stereocenters. The molecule has 0 amide bonds. The quantitative estimate of drug-likeness (QED) is 0.656. The molecule has 0 aromatic heterocycles. The summed E-state index contributed by atoms with van der Waals surface area (Å²) in [6.45, 7) is 5.58. The summed E-state index contributed by atoms with van der Waals surface area (Å²) in [5.41, 5.74) is 0.438. The van der Waals surface area contributed by atoms with Crippen LogP contribution < -0.4 is 0 Å². The van der Waals surface area contributed by atoms with E-state index >= 15 is 0 Å². The highest BCUT2D eigenvalue weighted by Crippen LogP contribution is 2.27. The van der Waals surface area contributed by atoms with E-state index in [-0.39, 0.29) is 17.3 Å². The second-order valence-electron chi connectivity index (χ2n) is 4.91. The molecule has 2 N–H and O–H groups in total. The number of benzene rings is 1. The van der Waals surface area contributed by atoms with Gasteiger partial charge >= 0.3 is 0 Å². The Morgan fingerprint density at radius 1 is 1.37 bits per heavy atom. The lowest BCUT2D eigenvalue weighted by atomic mass is 10.1. The zero-order valence-electron chi connectivity index (χ0n) is 11.2. The zero-order valence-corrected chi connectivity index (χ0v) is 12.0. The van der Waals surface area contributed by atoms with Crippen LogP contribution in [0.4, 0.5) is 0 Å². The molecular formula is C14H19NO3S. The van der Waals surface area contributed by atoms with Crippen LogP contribution in [0.5, 0.6) is 11.5 Å². The molecule has 1 aromatic carbocycles. The third kappa shape index (κ3) is 3.22. The summed E-state index contributed by atoms with van der Waals surface area (Å²) < 4.78 is 0. The minimum absolute atomic E-state index is 0.0266. The molecule has 2 atom stereocenters. The molecule has 0 bridgehead atoms. The first kappa shape index (κ1) is 14.2. The average Bonchev–Trinajstić information content (AvgIpc) is 2.38. The van der Waals surface area contributed by atoms with Crippen LogP contribution in [0.15, 0.2) is 18.2 Å². The number of carbonyl (C=O) groups excluding carboxylic acids is 1. The van der Waals surface area contributed by atoms with E-state index in [0.29, 0.717) is 23.4 Å². The fraction of sp³-hybridized carbons (Fsp3) is 0.500. The van der Waals surface area contributed by atoms with Gasteiger partial charge in [0.1, 0.15) is 0 Å². The molecule has 1 heterocycles. The Morgan fingerprint density at radius 2 is 2.11 bits per heavy atom. The van der Waals surface area contributed by atoms with Gasteiger partial charge in [0.2, 0.25) is 0 Å². The number of ketones is 1. The molecule has 4 nitrogen and oxygen atoms in total. The molecule has 1 fully saturated rings. The van der Waals surface area contributed by atoms with Gasteiger partial charge in [0.15, 0.2) is 17.3 Å². The fourth-order valence-corrected chi connectivity index (χ4v) is 3.35. The van der Waals surface area contributed by atoms with Gasteiger partial charge in [-0.1, -0.05) is 6.92 Å². The number of nitrogens with zero attached hydrogens (tertiary/aromatic N) is 1. The van der Waals surface area contributed by atoms with Crippen LogP contribution in [0.3, 0.4) is 0 Å². The standard InChI is InChI=1S/C14H19NO3S/c1-9-10(2)19-6-5-15(9)8-14(18)11-3-4-12(16)13(17)7-11/h3-4,7,9-10,16-17H,5-6,8H2,1-2H3. The van der Waals surface area contributed by atoms with Crippen molar-refractivity contribution in [3.63, 3.8) is 0 Å². The van der Waals surface area contributed by atoms with Crippen LogP contribution in [0.1, 0.15) is 24.2 Å². The first-order chi connectivity index (χ1) is 8.99. The minimum atomic E-state index is -0.249. The molecule has 0 radical (unpaired) electrons. The van der Waals surface area contributed by atoms with Crippen molar-refractivity contribution in [3.05, 3.63) is 23.8 Å². The zero-order chi connectivity index (χ0) is 14.0. The number of thioether (sulfide) groups is 1. The van der Waals surface area contributed by atoms with Gasteiger partial charge in [-0.2, -0.15) is 11.8 Å². The maximum Gasteiger partial charge on any atom is 0.176 e. The van der Waals surface area contributed by atoms with E-state index in [1.807, 2.05) is 11.8 Å². The third-order valence-corrected chi connectivity index (χ3v) is 5.00. The SMILES string of the molecule is CC1SCCN(CC(=O)c2ccc(O)c(O)c2)C1C. The lowest BCUT2D eigenvalue weighted by molar-refractivity contribution is 0.0901. The Kier molecular flexibility index (Phi) is 4.37. The maximum absolute atomic E-state index is 12.2. The second-order valence-corrected chi connectivity index (χ2v) is 6.40. The van der Waals surface area contributed by atoms with Gasteiger partial charge in [-0.25, -0.2) is 0 Å². The summed E-state index contributed by atoms with van der Waals surface area (Å²) in [5.74, 6) is 0.565. The maximum atomic E-state index is 12.2. The Bertz CT molecular complexity index is 478. The Labute approximate surface area is 117 Å². The number of carbonyl (C=O) groups is 1. The van der Waals surface area contributed by atoms with Gasteiger partial charge in [-0.05, 0) is 25.1 Å². The van der Waals surface area contributed by atoms with E-state index in [0.717, 1.165) is 12.3 Å². The summed E-state index contributed by atoms with van der Waals surface area (Å²) in [5, 5.41) is 19.2. The molecule has 5 heteroatoms. The highest BCUT2D eigenvalue weighted by Gasteiger charge is 2.26. The number of phenols is 2. The van der Waals surface area contributed by atoms with Crippen molar-refractivity contribution in [1.82, 2.24) is 4.90 Å². The van der Waals surface area contributed by atoms with E-state index in [4.69, 9.17) is 0 Å². The summed E-state index contributed by atoms with van der Waals surface area (Å²) in [4.78, 5) is 14.4. The molecule has 1 aliphatic rings. The first-order valence-electron chi connectivity index (χ1n) is 6.40. The van der Waals surface area contributed by atoms with Gasteiger partial charge < -0.3 is 10.2 Å². The van der Waals surface area contributed by atoms with Crippen LogP contribution in [-0.4, -0.2) is 51.0 Å². The van der Waals surface area contributed by atoms with Crippen molar-refractivity contribution in [2.45, 2.75) is 25.1 Å². The Morgan fingerprint density at radius 3 is 2.79 bits per heavy atom. The average molecular weight is 281 g/mol. The molecular weight excluding hydrogens is 262 g/mol. The second kappa shape index (κ2) is 5.84. The van der Waals surface area contributed by atoms with Crippen molar-refractivity contribution in [3.8, 4) is 11.5 Å². The van der Waals surface area contributed by atoms with Crippen LogP contribution in [0.25, 0.3) is 0 Å². The van der Waals surface area contributed by atoms with Crippen molar-refractivity contribution in [2.24, 2.45) is 0 Å². The number of aromatic hydroxyl groups is 2. The Hall–Kier alpha value is -1.20. The smallest absolute Gasteiger partial charge is 0.176 e. The monoisotopic (exact) mass is 281 g/mol. The van der Waals surface area contributed by atoms with Crippen molar-refractivity contribution >= 4 is 17.5 Å². The van der Waals surface area contributed by atoms with Gasteiger partial charge in [0.05, 0.1) is 6.54 Å². The fourth-order valence-electron chi connectivity index (χ4n) is 2.19. The van der Waals surface area contributed by atoms with Crippen molar-refractivity contribution < 1.29 is 15.0 Å². The molecule has 104 valence electrons. The molecule has 1 saturated heterocycles. The van der Waals surface area contributed by atoms with Crippen molar-refractivity contribution in [1.29, 1.82) is 0 Å². The summed E-state index contributed by atoms with van der Waals surface area (Å²) in [6, 6.07) is 4.59. The first-order valence-corrected chi connectivity index (χ1v) is 7.44.